The molecule has 0 aliphatic carbocycles. The molecule has 21 heavy (non-hydrogen) atoms. The Balaban J connectivity index is 2.44. The van der Waals surface area contributed by atoms with E-state index in [2.05, 4.69) is 23.3 Å². The molecule has 0 saturated heterocycles. The van der Waals surface area contributed by atoms with Gasteiger partial charge in [-0.2, -0.15) is 5.26 Å². The van der Waals surface area contributed by atoms with Crippen molar-refractivity contribution in [3.8, 4) is 6.07 Å². The standard InChI is InChI=1S/C15H18N4O2/c1-3-7-17-15(21)18-14(20)11-19(2)10-13-6-4-5-12(8-13)9-16/h3-6,8H,1,7,10-11H2,2H3,(H2,17,18,20,21). The Bertz CT molecular complexity index is 563. The summed E-state index contributed by atoms with van der Waals surface area (Å²) in [7, 11) is 1.76. The molecular formula is C15H18N4O2. The summed E-state index contributed by atoms with van der Waals surface area (Å²) in [6.07, 6.45) is 1.53. The predicted molar refractivity (Wildman–Crippen MR) is 79.2 cm³/mol. The molecule has 1 aromatic rings. The van der Waals surface area contributed by atoms with Gasteiger partial charge in [0.2, 0.25) is 5.91 Å². The molecule has 0 aromatic heterocycles. The van der Waals surface area contributed by atoms with Gasteiger partial charge in [-0.1, -0.05) is 18.2 Å². The topological polar surface area (TPSA) is 85.2 Å². The zero-order chi connectivity index (χ0) is 15.7. The summed E-state index contributed by atoms with van der Waals surface area (Å²) in [6.45, 7) is 4.36. The van der Waals surface area contributed by atoms with Crippen molar-refractivity contribution in [1.29, 1.82) is 5.26 Å². The second-order valence-electron chi connectivity index (χ2n) is 4.53. The van der Waals surface area contributed by atoms with Gasteiger partial charge in [0.15, 0.2) is 0 Å². The van der Waals surface area contributed by atoms with E-state index in [1.807, 2.05) is 6.07 Å². The number of rotatable bonds is 6. The van der Waals surface area contributed by atoms with E-state index in [4.69, 9.17) is 5.26 Å². The summed E-state index contributed by atoms with van der Waals surface area (Å²) in [5.41, 5.74) is 1.51. The fraction of sp³-hybridized carbons (Fsp3) is 0.267. The average molecular weight is 286 g/mol. The molecule has 0 radical (unpaired) electrons. The summed E-state index contributed by atoms with van der Waals surface area (Å²) >= 11 is 0. The van der Waals surface area contributed by atoms with Crippen LogP contribution in [-0.4, -0.2) is 37.0 Å². The molecule has 1 rings (SSSR count). The Kier molecular flexibility index (Phi) is 6.65. The van der Waals surface area contributed by atoms with Crippen molar-refractivity contribution in [1.82, 2.24) is 15.5 Å². The number of nitrogens with zero attached hydrogens (tertiary/aromatic N) is 2. The van der Waals surface area contributed by atoms with Crippen LogP contribution >= 0.6 is 0 Å². The Hall–Kier alpha value is -2.65. The van der Waals surface area contributed by atoms with E-state index < -0.39 is 11.9 Å². The van der Waals surface area contributed by atoms with Gasteiger partial charge in [0.05, 0.1) is 18.2 Å². The molecule has 0 unspecified atom stereocenters. The zero-order valence-corrected chi connectivity index (χ0v) is 11.9. The fourth-order valence-electron chi connectivity index (χ4n) is 1.73. The maximum atomic E-state index is 11.6. The number of imide groups is 1. The predicted octanol–water partition coefficient (Wildman–Crippen LogP) is 1.00. The summed E-state index contributed by atoms with van der Waals surface area (Å²) in [4.78, 5) is 24.7. The number of amides is 3. The van der Waals surface area contributed by atoms with Crippen LogP contribution in [0.4, 0.5) is 4.79 Å². The van der Waals surface area contributed by atoms with E-state index >= 15 is 0 Å². The Morgan fingerprint density at radius 1 is 1.48 bits per heavy atom. The molecule has 0 saturated carbocycles. The van der Waals surface area contributed by atoms with E-state index in [-0.39, 0.29) is 6.54 Å². The van der Waals surface area contributed by atoms with Crippen molar-refractivity contribution in [2.24, 2.45) is 0 Å². The van der Waals surface area contributed by atoms with Crippen LogP contribution in [0.3, 0.4) is 0 Å². The molecule has 0 aliphatic heterocycles. The third-order valence-corrected chi connectivity index (χ3v) is 2.58. The van der Waals surface area contributed by atoms with Crippen LogP contribution in [0.5, 0.6) is 0 Å². The highest BCUT2D eigenvalue weighted by Gasteiger charge is 2.10. The molecule has 6 heteroatoms. The Morgan fingerprint density at radius 2 is 2.24 bits per heavy atom. The second kappa shape index (κ2) is 8.51. The lowest BCUT2D eigenvalue weighted by Gasteiger charge is -2.16. The van der Waals surface area contributed by atoms with E-state index in [0.29, 0.717) is 18.7 Å². The van der Waals surface area contributed by atoms with Crippen molar-refractivity contribution in [2.45, 2.75) is 6.54 Å². The van der Waals surface area contributed by atoms with Gasteiger partial charge < -0.3 is 5.32 Å². The number of likely N-dealkylation sites (N-methyl/N-ethyl adjacent to an activating group) is 1. The first-order valence-electron chi connectivity index (χ1n) is 6.41. The number of nitrogens with one attached hydrogen (secondary N) is 2. The van der Waals surface area contributed by atoms with Crippen molar-refractivity contribution < 1.29 is 9.59 Å². The minimum absolute atomic E-state index is 0.0816. The minimum atomic E-state index is -0.542. The molecular weight excluding hydrogens is 268 g/mol. The first-order chi connectivity index (χ1) is 10.0. The normalized spacial score (nSPS) is 9.76. The molecule has 1 aromatic carbocycles. The highest BCUT2D eigenvalue weighted by molar-refractivity contribution is 5.95. The molecule has 0 atom stereocenters. The van der Waals surface area contributed by atoms with Gasteiger partial charge in [-0.25, -0.2) is 4.79 Å². The van der Waals surface area contributed by atoms with E-state index in [1.54, 1.807) is 30.1 Å². The smallest absolute Gasteiger partial charge is 0.321 e. The summed E-state index contributed by atoms with van der Waals surface area (Å²) in [5.74, 6) is -0.393. The van der Waals surface area contributed by atoms with Gasteiger partial charge in [-0.15, -0.1) is 6.58 Å². The number of hydrogen-bond donors (Lipinski definition) is 2. The van der Waals surface area contributed by atoms with Crippen molar-refractivity contribution in [3.05, 3.63) is 48.0 Å². The number of carbonyl (C=O) groups is 2. The number of urea groups is 1. The lowest BCUT2D eigenvalue weighted by Crippen LogP contribution is -2.43. The number of carbonyl (C=O) groups excluding carboxylic acids is 2. The fourth-order valence-corrected chi connectivity index (χ4v) is 1.73. The summed E-state index contributed by atoms with van der Waals surface area (Å²) < 4.78 is 0. The lowest BCUT2D eigenvalue weighted by atomic mass is 10.1. The largest absolute Gasteiger partial charge is 0.334 e. The minimum Gasteiger partial charge on any atom is -0.334 e. The van der Waals surface area contributed by atoms with E-state index in [9.17, 15) is 9.59 Å². The third kappa shape index (κ3) is 6.36. The average Bonchev–Trinajstić information content (AvgIpc) is 2.44. The number of benzene rings is 1. The maximum absolute atomic E-state index is 11.6. The molecule has 110 valence electrons. The molecule has 0 aliphatic rings. The molecule has 0 spiro atoms. The van der Waals surface area contributed by atoms with E-state index in [1.165, 1.54) is 6.08 Å². The Morgan fingerprint density at radius 3 is 2.90 bits per heavy atom. The molecule has 0 fully saturated rings. The highest BCUT2D eigenvalue weighted by atomic mass is 16.2. The van der Waals surface area contributed by atoms with Crippen LogP contribution in [-0.2, 0) is 11.3 Å². The molecule has 6 nitrogen and oxygen atoms in total. The van der Waals surface area contributed by atoms with Crippen molar-refractivity contribution in [3.63, 3.8) is 0 Å². The molecule has 0 heterocycles. The van der Waals surface area contributed by atoms with Crippen LogP contribution in [0.2, 0.25) is 0 Å². The molecule has 2 N–H and O–H groups in total. The molecule has 3 amide bonds. The Labute approximate surface area is 124 Å². The van der Waals surface area contributed by atoms with Gasteiger partial charge in [0.1, 0.15) is 0 Å². The highest BCUT2D eigenvalue weighted by Crippen LogP contribution is 2.06. The number of hydrogen-bond acceptors (Lipinski definition) is 4. The van der Waals surface area contributed by atoms with Gasteiger partial charge >= 0.3 is 6.03 Å². The first-order valence-corrected chi connectivity index (χ1v) is 6.41. The van der Waals surface area contributed by atoms with Crippen LogP contribution in [0, 0.1) is 11.3 Å². The lowest BCUT2D eigenvalue weighted by molar-refractivity contribution is -0.120. The summed E-state index contributed by atoms with van der Waals surface area (Å²) in [5, 5.41) is 13.5. The zero-order valence-electron chi connectivity index (χ0n) is 11.9. The van der Waals surface area contributed by atoms with Crippen LogP contribution in [0.15, 0.2) is 36.9 Å². The van der Waals surface area contributed by atoms with Crippen LogP contribution < -0.4 is 10.6 Å². The van der Waals surface area contributed by atoms with Gasteiger partial charge in [-0.3, -0.25) is 15.0 Å². The van der Waals surface area contributed by atoms with Crippen molar-refractivity contribution in [2.75, 3.05) is 20.1 Å². The monoisotopic (exact) mass is 286 g/mol. The van der Waals surface area contributed by atoms with Crippen LogP contribution in [0.1, 0.15) is 11.1 Å². The van der Waals surface area contributed by atoms with Crippen molar-refractivity contribution >= 4 is 11.9 Å². The van der Waals surface area contributed by atoms with Gasteiger partial charge in [0, 0.05) is 13.1 Å². The van der Waals surface area contributed by atoms with Gasteiger partial charge in [-0.05, 0) is 24.7 Å². The number of nitriles is 1. The van der Waals surface area contributed by atoms with E-state index in [0.717, 1.165) is 5.56 Å². The quantitative estimate of drug-likeness (QED) is 0.764. The second-order valence-corrected chi connectivity index (χ2v) is 4.53. The SMILES string of the molecule is C=CCNC(=O)NC(=O)CN(C)Cc1cccc(C#N)c1. The molecule has 0 bridgehead atoms. The third-order valence-electron chi connectivity index (χ3n) is 2.58. The van der Waals surface area contributed by atoms with Gasteiger partial charge in [0.25, 0.3) is 0 Å². The van der Waals surface area contributed by atoms with Crippen LogP contribution in [0.25, 0.3) is 0 Å². The maximum Gasteiger partial charge on any atom is 0.321 e. The summed E-state index contributed by atoms with van der Waals surface area (Å²) in [6, 6.07) is 8.69. The first kappa shape index (κ1) is 16.4.